The second-order valence-electron chi connectivity index (χ2n) is 5.00. The first-order valence-electron chi connectivity index (χ1n) is 6.59. The van der Waals surface area contributed by atoms with E-state index in [2.05, 4.69) is 11.9 Å². The van der Waals surface area contributed by atoms with E-state index >= 15 is 0 Å². The molecule has 2 heterocycles. The monoisotopic (exact) mass is 339 g/mol. The number of ether oxygens (including phenoxy) is 1. The fraction of sp³-hybridized carbons (Fsp3) is 0.462. The highest BCUT2D eigenvalue weighted by Crippen LogP contribution is 2.34. The molecule has 0 radical (unpaired) electrons. The van der Waals surface area contributed by atoms with Crippen molar-refractivity contribution in [2.24, 2.45) is 0 Å². The smallest absolute Gasteiger partial charge is 0.372 e. The van der Waals surface area contributed by atoms with Crippen molar-refractivity contribution in [1.29, 1.82) is 5.26 Å². The average Bonchev–Trinajstić information content (AvgIpc) is 3.04. The second kappa shape index (κ2) is 6.31. The number of carbonyl (C=O) groups excluding carboxylic acids is 2. The average molecular weight is 339 g/mol. The molecule has 0 saturated carbocycles. The van der Waals surface area contributed by atoms with Gasteiger partial charge in [0.15, 0.2) is 0 Å². The van der Waals surface area contributed by atoms with E-state index in [0.29, 0.717) is 5.06 Å². The van der Waals surface area contributed by atoms with Crippen LogP contribution in [0.1, 0.15) is 19.3 Å². The molecule has 2 fully saturated rings. The Morgan fingerprint density at radius 1 is 1.61 bits per heavy atom. The maximum Gasteiger partial charge on any atom is 0.372 e. The summed E-state index contributed by atoms with van der Waals surface area (Å²) in [5.41, 5.74) is -1.93. The van der Waals surface area contributed by atoms with Crippen LogP contribution >= 0.6 is 12.2 Å². The first-order chi connectivity index (χ1) is 10.8. The van der Waals surface area contributed by atoms with Gasteiger partial charge in [-0.05, 0) is 0 Å². The fourth-order valence-corrected chi connectivity index (χ4v) is 2.55. The van der Waals surface area contributed by atoms with Gasteiger partial charge in [0.2, 0.25) is 0 Å². The molecule has 2 aliphatic rings. The number of nitriles is 1. The molecule has 1 unspecified atom stereocenters. The van der Waals surface area contributed by atoms with Crippen molar-refractivity contribution < 1.29 is 29.1 Å². The van der Waals surface area contributed by atoms with E-state index in [9.17, 15) is 19.5 Å². The topological polar surface area (TPSA) is 129 Å². The lowest BCUT2D eigenvalue weighted by atomic mass is 10.1. The van der Waals surface area contributed by atoms with Gasteiger partial charge in [-0.25, -0.2) is 4.79 Å². The number of aliphatic carboxylic acids is 1. The Morgan fingerprint density at radius 2 is 2.30 bits per heavy atom. The highest BCUT2D eigenvalue weighted by Gasteiger charge is 2.59. The molecule has 2 saturated heterocycles. The summed E-state index contributed by atoms with van der Waals surface area (Å²) in [5, 5.41) is 21.2. The molecule has 23 heavy (non-hydrogen) atoms. The van der Waals surface area contributed by atoms with Gasteiger partial charge < -0.3 is 15.2 Å². The molecular weight excluding hydrogens is 326 g/mol. The third kappa shape index (κ3) is 3.15. The largest absolute Gasteiger partial charge is 0.477 e. The number of esters is 1. The van der Waals surface area contributed by atoms with E-state index in [1.165, 1.54) is 0 Å². The molecule has 2 N–H and O–H groups in total. The van der Waals surface area contributed by atoms with E-state index in [0.717, 1.165) is 0 Å². The molecule has 0 aliphatic carbocycles. The zero-order valence-electron chi connectivity index (χ0n) is 11.9. The van der Waals surface area contributed by atoms with Crippen molar-refractivity contribution in [2.75, 3.05) is 6.61 Å². The Kier molecular flexibility index (Phi) is 4.63. The third-order valence-corrected chi connectivity index (χ3v) is 3.61. The predicted molar refractivity (Wildman–Crippen MR) is 77.4 cm³/mol. The van der Waals surface area contributed by atoms with E-state index in [4.69, 9.17) is 27.1 Å². The minimum Gasteiger partial charge on any atom is -0.477 e. The van der Waals surface area contributed by atoms with Crippen LogP contribution in [0.25, 0.3) is 0 Å². The first-order valence-corrected chi connectivity index (χ1v) is 7.00. The number of hydrogen-bond acceptors (Lipinski definition) is 7. The standard InChI is InChI=1S/C13H13N3O6S/c1-7(5-14)4-9(23)15-8-6-21-16(11(8)18)13(12(19)20)3-2-10(17)22-13/h8H,1-4,6H2,(H,15,23)(H,19,20)/t8-,13?/m0/s1. The molecule has 9 nitrogen and oxygen atoms in total. The number of hydrogen-bond donors (Lipinski definition) is 2. The molecule has 0 spiro atoms. The van der Waals surface area contributed by atoms with Crippen molar-refractivity contribution in [3.05, 3.63) is 12.2 Å². The second-order valence-corrected chi connectivity index (χ2v) is 5.50. The quantitative estimate of drug-likeness (QED) is 0.391. The highest BCUT2D eigenvalue weighted by molar-refractivity contribution is 7.80. The van der Waals surface area contributed by atoms with Gasteiger partial charge in [-0.3, -0.25) is 14.4 Å². The molecule has 2 aliphatic heterocycles. The number of nitrogens with one attached hydrogen (secondary N) is 1. The Labute approximate surface area is 136 Å². The van der Waals surface area contributed by atoms with Crippen LogP contribution in [0.4, 0.5) is 0 Å². The zero-order valence-corrected chi connectivity index (χ0v) is 12.7. The number of nitrogens with zero attached hydrogens (tertiary/aromatic N) is 2. The van der Waals surface area contributed by atoms with Crippen LogP contribution in [0.2, 0.25) is 0 Å². The number of carboxylic acid groups (broad SMARTS) is 1. The molecule has 1 amide bonds. The van der Waals surface area contributed by atoms with Crippen LogP contribution in [0, 0.1) is 11.3 Å². The van der Waals surface area contributed by atoms with Crippen molar-refractivity contribution in [2.45, 2.75) is 31.0 Å². The van der Waals surface area contributed by atoms with Crippen molar-refractivity contribution in [3.8, 4) is 6.07 Å². The van der Waals surface area contributed by atoms with Gasteiger partial charge in [0.05, 0.1) is 17.5 Å². The fourth-order valence-electron chi connectivity index (χ4n) is 2.23. The normalized spacial score (nSPS) is 26.6. The summed E-state index contributed by atoms with van der Waals surface area (Å²) < 4.78 is 4.82. The summed E-state index contributed by atoms with van der Waals surface area (Å²) in [6, 6.07) is 0.901. The van der Waals surface area contributed by atoms with Crippen LogP contribution in [-0.2, 0) is 24.0 Å². The Morgan fingerprint density at radius 3 is 2.83 bits per heavy atom. The SMILES string of the molecule is C=C(C#N)CC(=S)N[C@H]1CON(C2(C(=O)O)CCC(=O)O2)C1=O. The maximum absolute atomic E-state index is 12.3. The molecule has 0 bridgehead atoms. The van der Waals surface area contributed by atoms with Crippen LogP contribution in [0.15, 0.2) is 12.2 Å². The van der Waals surface area contributed by atoms with Crippen LogP contribution < -0.4 is 5.32 Å². The van der Waals surface area contributed by atoms with Gasteiger partial charge in [0.25, 0.3) is 5.91 Å². The predicted octanol–water partition coefficient (Wildman–Crippen LogP) is -0.366. The number of hydroxylamine groups is 2. The van der Waals surface area contributed by atoms with E-state index in [1.807, 2.05) is 6.07 Å². The molecule has 10 heteroatoms. The molecule has 2 rings (SSSR count). The Bertz CT molecular complexity index is 642. The molecule has 2 atom stereocenters. The highest BCUT2D eigenvalue weighted by atomic mass is 32.1. The molecule has 0 aromatic rings. The Hall–Kier alpha value is -2.51. The molecular formula is C13H13N3O6S. The number of rotatable bonds is 5. The van der Waals surface area contributed by atoms with Gasteiger partial charge in [0.1, 0.15) is 12.6 Å². The van der Waals surface area contributed by atoms with Crippen molar-refractivity contribution in [3.63, 3.8) is 0 Å². The van der Waals surface area contributed by atoms with E-state index < -0.39 is 29.6 Å². The lowest BCUT2D eigenvalue weighted by molar-refractivity contribution is -0.256. The summed E-state index contributed by atoms with van der Waals surface area (Å²) >= 11 is 5.01. The zero-order chi connectivity index (χ0) is 17.2. The minimum atomic E-state index is -2.15. The summed E-state index contributed by atoms with van der Waals surface area (Å²) in [4.78, 5) is 40.4. The third-order valence-electron chi connectivity index (χ3n) is 3.35. The molecule has 122 valence electrons. The minimum absolute atomic E-state index is 0.0780. The number of carbonyl (C=O) groups is 3. The summed E-state index contributed by atoms with van der Waals surface area (Å²) in [6.45, 7) is 3.30. The first kappa shape index (κ1) is 16.9. The maximum atomic E-state index is 12.3. The van der Waals surface area contributed by atoms with Gasteiger partial charge in [0, 0.05) is 18.4 Å². The Balaban J connectivity index is 2.08. The van der Waals surface area contributed by atoms with Crippen LogP contribution in [0.3, 0.4) is 0 Å². The number of thiocarbonyl (C=S) groups is 1. The summed E-state index contributed by atoms with van der Waals surface area (Å²) in [6.07, 6.45) is -0.248. The number of carboxylic acids is 1. The summed E-state index contributed by atoms with van der Waals surface area (Å²) in [5.74, 6) is -2.93. The molecule has 0 aromatic heterocycles. The number of amides is 1. The van der Waals surface area contributed by atoms with Gasteiger partial charge in [-0.15, -0.1) is 0 Å². The van der Waals surface area contributed by atoms with Crippen LogP contribution in [-0.4, -0.2) is 51.4 Å². The van der Waals surface area contributed by atoms with E-state index in [1.54, 1.807) is 0 Å². The molecule has 0 aromatic carbocycles. The van der Waals surface area contributed by atoms with Gasteiger partial charge >= 0.3 is 17.7 Å². The lowest BCUT2D eigenvalue weighted by Gasteiger charge is -2.30. The van der Waals surface area contributed by atoms with Crippen molar-refractivity contribution >= 4 is 35.1 Å². The van der Waals surface area contributed by atoms with Crippen LogP contribution in [0.5, 0.6) is 0 Å². The number of cyclic esters (lactones) is 1. The van der Waals surface area contributed by atoms with Crippen molar-refractivity contribution in [1.82, 2.24) is 10.4 Å². The van der Waals surface area contributed by atoms with E-state index in [-0.39, 0.29) is 36.4 Å². The lowest BCUT2D eigenvalue weighted by Crippen LogP contribution is -2.56. The summed E-state index contributed by atoms with van der Waals surface area (Å²) in [7, 11) is 0. The van der Waals surface area contributed by atoms with Gasteiger partial charge in [-0.1, -0.05) is 18.8 Å². The van der Waals surface area contributed by atoms with Gasteiger partial charge in [-0.2, -0.15) is 10.3 Å².